The van der Waals surface area contributed by atoms with Crippen molar-refractivity contribution in [1.82, 2.24) is 9.71 Å². The SMILES string of the molecule is C[C@@H](N[S@](=O)C(C)(C)C)c1nc(F)c(-c2ccccc2)s1. The minimum absolute atomic E-state index is 0.262. The number of benzene rings is 1. The first-order valence-electron chi connectivity index (χ1n) is 6.68. The molecule has 2 atom stereocenters. The van der Waals surface area contributed by atoms with E-state index in [1.165, 1.54) is 11.3 Å². The third-order valence-electron chi connectivity index (χ3n) is 2.85. The molecular weight excluding hydrogens is 307 g/mol. The van der Waals surface area contributed by atoms with Crippen LogP contribution in [0, 0.1) is 5.95 Å². The second kappa shape index (κ2) is 6.34. The highest BCUT2D eigenvalue weighted by atomic mass is 32.2. The number of hydrogen-bond donors (Lipinski definition) is 1. The molecule has 114 valence electrons. The normalized spacial score (nSPS) is 14.9. The highest BCUT2D eigenvalue weighted by molar-refractivity contribution is 7.84. The molecule has 1 N–H and O–H groups in total. The Labute approximate surface area is 131 Å². The molecule has 0 radical (unpaired) electrons. The summed E-state index contributed by atoms with van der Waals surface area (Å²) in [6, 6.07) is 9.06. The van der Waals surface area contributed by atoms with E-state index in [0.717, 1.165) is 5.56 Å². The van der Waals surface area contributed by atoms with Crippen LogP contribution < -0.4 is 4.72 Å². The Kier molecular flexibility index (Phi) is 4.91. The molecule has 0 bridgehead atoms. The van der Waals surface area contributed by atoms with Gasteiger partial charge in [0, 0.05) is 0 Å². The maximum absolute atomic E-state index is 14.0. The Hall–Kier alpha value is -1.11. The minimum atomic E-state index is -1.22. The number of halogens is 1. The fraction of sp³-hybridized carbons (Fsp3) is 0.400. The molecule has 0 amide bonds. The molecule has 0 spiro atoms. The maximum atomic E-state index is 14.0. The predicted octanol–water partition coefficient (Wildman–Crippen LogP) is 4.06. The predicted molar refractivity (Wildman–Crippen MR) is 87.0 cm³/mol. The van der Waals surface area contributed by atoms with E-state index in [1.54, 1.807) is 0 Å². The first kappa shape index (κ1) is 16.3. The third kappa shape index (κ3) is 3.96. The lowest BCUT2D eigenvalue weighted by Crippen LogP contribution is -2.34. The van der Waals surface area contributed by atoms with Crippen LogP contribution in [0.3, 0.4) is 0 Å². The second-order valence-electron chi connectivity index (χ2n) is 5.76. The zero-order valence-corrected chi connectivity index (χ0v) is 14.1. The van der Waals surface area contributed by atoms with Crippen LogP contribution in [0.4, 0.5) is 4.39 Å². The van der Waals surface area contributed by atoms with E-state index in [4.69, 9.17) is 0 Å². The molecule has 1 aromatic carbocycles. The van der Waals surface area contributed by atoms with Crippen molar-refractivity contribution in [2.24, 2.45) is 0 Å². The summed E-state index contributed by atoms with van der Waals surface area (Å²) in [4.78, 5) is 4.49. The van der Waals surface area contributed by atoms with E-state index in [2.05, 4.69) is 9.71 Å². The van der Waals surface area contributed by atoms with Gasteiger partial charge in [-0.25, -0.2) is 13.9 Å². The first-order chi connectivity index (χ1) is 9.79. The van der Waals surface area contributed by atoms with Gasteiger partial charge < -0.3 is 0 Å². The van der Waals surface area contributed by atoms with Crippen LogP contribution in [0.15, 0.2) is 30.3 Å². The summed E-state index contributed by atoms with van der Waals surface area (Å²) in [6.07, 6.45) is 0. The van der Waals surface area contributed by atoms with Crippen molar-refractivity contribution in [3.8, 4) is 10.4 Å². The van der Waals surface area contributed by atoms with Crippen LogP contribution in [0.2, 0.25) is 0 Å². The average Bonchev–Trinajstić information content (AvgIpc) is 2.81. The summed E-state index contributed by atoms with van der Waals surface area (Å²) in [5.41, 5.74) is 0.808. The Bertz CT molecular complexity index is 635. The third-order valence-corrected chi connectivity index (χ3v) is 5.79. The molecule has 0 fully saturated rings. The number of hydrogen-bond acceptors (Lipinski definition) is 3. The minimum Gasteiger partial charge on any atom is -0.242 e. The Morgan fingerprint density at radius 2 is 1.90 bits per heavy atom. The van der Waals surface area contributed by atoms with E-state index in [-0.39, 0.29) is 10.8 Å². The molecule has 0 saturated carbocycles. The number of nitrogens with one attached hydrogen (secondary N) is 1. The molecule has 2 rings (SSSR count). The van der Waals surface area contributed by atoms with Gasteiger partial charge in [0.2, 0.25) is 5.95 Å². The molecule has 6 heteroatoms. The van der Waals surface area contributed by atoms with E-state index in [9.17, 15) is 8.60 Å². The van der Waals surface area contributed by atoms with Crippen LogP contribution in [0.25, 0.3) is 10.4 Å². The smallest absolute Gasteiger partial charge is 0.231 e. The standard InChI is InChI=1S/C15H19FN2OS2/c1-10(18-21(19)15(2,3)4)14-17-13(16)12(20-14)11-8-6-5-7-9-11/h5-10,18H,1-4H3/t10-,21-/m1/s1. The monoisotopic (exact) mass is 326 g/mol. The molecule has 0 aliphatic heterocycles. The van der Waals surface area contributed by atoms with Crippen LogP contribution >= 0.6 is 11.3 Å². The van der Waals surface area contributed by atoms with Crippen LogP contribution in [0.5, 0.6) is 0 Å². The highest BCUT2D eigenvalue weighted by Gasteiger charge is 2.24. The molecule has 3 nitrogen and oxygen atoms in total. The van der Waals surface area contributed by atoms with Crippen molar-refractivity contribution in [2.45, 2.75) is 38.5 Å². The number of aromatic nitrogens is 1. The summed E-state index contributed by atoms with van der Waals surface area (Å²) < 4.78 is 28.7. The van der Waals surface area contributed by atoms with Gasteiger partial charge in [-0.15, -0.1) is 11.3 Å². The van der Waals surface area contributed by atoms with E-state index < -0.39 is 16.9 Å². The van der Waals surface area contributed by atoms with Crippen molar-refractivity contribution >= 4 is 22.3 Å². The molecule has 1 heterocycles. The van der Waals surface area contributed by atoms with Crippen molar-refractivity contribution in [2.75, 3.05) is 0 Å². The van der Waals surface area contributed by atoms with Gasteiger partial charge in [-0.05, 0) is 33.3 Å². The Morgan fingerprint density at radius 3 is 2.48 bits per heavy atom. The summed E-state index contributed by atoms with van der Waals surface area (Å²) in [7, 11) is -1.22. The molecular formula is C15H19FN2OS2. The van der Waals surface area contributed by atoms with Gasteiger partial charge in [0.1, 0.15) is 5.01 Å². The second-order valence-corrected chi connectivity index (χ2v) is 8.79. The number of thiazole rings is 1. The summed E-state index contributed by atoms with van der Waals surface area (Å²) >= 11 is 1.29. The van der Waals surface area contributed by atoms with Crippen molar-refractivity contribution in [3.05, 3.63) is 41.3 Å². The molecule has 0 unspecified atom stereocenters. The fourth-order valence-electron chi connectivity index (χ4n) is 1.66. The van der Waals surface area contributed by atoms with E-state index >= 15 is 0 Å². The number of rotatable bonds is 4. The van der Waals surface area contributed by atoms with Gasteiger partial charge in [-0.1, -0.05) is 30.3 Å². The Morgan fingerprint density at radius 1 is 1.29 bits per heavy atom. The lowest BCUT2D eigenvalue weighted by atomic mass is 10.2. The van der Waals surface area contributed by atoms with Gasteiger partial charge in [-0.3, -0.25) is 0 Å². The quantitative estimate of drug-likeness (QED) is 0.920. The lowest BCUT2D eigenvalue weighted by Gasteiger charge is -2.20. The molecule has 0 aliphatic carbocycles. The zero-order chi connectivity index (χ0) is 15.6. The average molecular weight is 326 g/mol. The largest absolute Gasteiger partial charge is 0.242 e. The molecule has 0 saturated heterocycles. The Balaban J connectivity index is 2.21. The lowest BCUT2D eigenvalue weighted by molar-refractivity contribution is 0.576. The highest BCUT2D eigenvalue weighted by Crippen LogP contribution is 2.32. The maximum Gasteiger partial charge on any atom is 0.231 e. The topological polar surface area (TPSA) is 42.0 Å². The fourth-order valence-corrected chi connectivity index (χ4v) is 3.47. The number of nitrogens with zero attached hydrogens (tertiary/aromatic N) is 1. The van der Waals surface area contributed by atoms with Crippen molar-refractivity contribution in [3.63, 3.8) is 0 Å². The van der Waals surface area contributed by atoms with Crippen molar-refractivity contribution in [1.29, 1.82) is 0 Å². The van der Waals surface area contributed by atoms with Gasteiger partial charge in [0.15, 0.2) is 0 Å². The summed E-state index contributed by atoms with van der Waals surface area (Å²) in [6.45, 7) is 7.51. The van der Waals surface area contributed by atoms with Crippen LogP contribution in [-0.2, 0) is 11.0 Å². The van der Waals surface area contributed by atoms with Gasteiger partial charge in [0.05, 0.1) is 26.7 Å². The molecule has 21 heavy (non-hydrogen) atoms. The summed E-state index contributed by atoms with van der Waals surface area (Å²) in [5.74, 6) is -0.476. The molecule has 1 aromatic heterocycles. The van der Waals surface area contributed by atoms with Crippen molar-refractivity contribution < 1.29 is 8.60 Å². The van der Waals surface area contributed by atoms with Crippen LogP contribution in [-0.4, -0.2) is 13.9 Å². The zero-order valence-electron chi connectivity index (χ0n) is 12.5. The van der Waals surface area contributed by atoms with Gasteiger partial charge in [0.25, 0.3) is 0 Å². The molecule has 0 aliphatic rings. The summed E-state index contributed by atoms with van der Waals surface area (Å²) in [5, 5.41) is 0.601. The van der Waals surface area contributed by atoms with Crippen LogP contribution in [0.1, 0.15) is 38.7 Å². The first-order valence-corrected chi connectivity index (χ1v) is 8.65. The molecule has 2 aromatic rings. The van der Waals surface area contributed by atoms with Gasteiger partial charge in [-0.2, -0.15) is 4.39 Å². The van der Waals surface area contributed by atoms with Gasteiger partial charge >= 0.3 is 0 Å². The van der Waals surface area contributed by atoms with E-state index in [0.29, 0.717) is 9.88 Å². The van der Waals surface area contributed by atoms with E-state index in [1.807, 2.05) is 58.0 Å².